The second kappa shape index (κ2) is 5.43. The van der Waals surface area contributed by atoms with Crippen LogP contribution < -0.4 is 15.4 Å². The topological polar surface area (TPSA) is 87.3 Å². The molecule has 1 rings (SSSR count). The molecule has 1 heterocycles. The van der Waals surface area contributed by atoms with Gasteiger partial charge in [-0.1, -0.05) is 0 Å². The molecule has 0 spiro atoms. The van der Waals surface area contributed by atoms with E-state index in [4.69, 9.17) is 0 Å². The van der Waals surface area contributed by atoms with Crippen LogP contribution in [0.2, 0.25) is 0 Å². The smallest absolute Gasteiger partial charge is 0.237 e. The number of nitrogens with one attached hydrogen (secondary N) is 3. The van der Waals surface area contributed by atoms with Gasteiger partial charge in [-0.05, 0) is 26.4 Å². The second-order valence-electron chi connectivity index (χ2n) is 3.46. The van der Waals surface area contributed by atoms with Crippen LogP contribution in [0, 0.1) is 0 Å². The van der Waals surface area contributed by atoms with Crippen molar-refractivity contribution in [3.8, 4) is 0 Å². The number of carbonyl (C=O) groups is 1. The molecular weight excluding hydrogens is 218 g/mol. The lowest BCUT2D eigenvalue weighted by atomic mass is 10.2. The number of carbonyl (C=O) groups excluding carboxylic acids is 1. The van der Waals surface area contributed by atoms with Crippen molar-refractivity contribution < 1.29 is 13.2 Å². The van der Waals surface area contributed by atoms with Gasteiger partial charge in [-0.3, -0.25) is 4.79 Å². The predicted octanol–water partition coefficient (Wildman–Crippen LogP) is -1.60. The van der Waals surface area contributed by atoms with Crippen LogP contribution >= 0.6 is 0 Å². The molecule has 1 aliphatic rings. The highest BCUT2D eigenvalue weighted by molar-refractivity contribution is 7.89. The van der Waals surface area contributed by atoms with Crippen molar-refractivity contribution in [1.82, 2.24) is 15.4 Å². The SMILES string of the molecule is CNS(=O)(=O)CCNC(=O)[C@@H]1CCCN1. The molecule has 15 heavy (non-hydrogen) atoms. The largest absolute Gasteiger partial charge is 0.354 e. The van der Waals surface area contributed by atoms with Crippen molar-refractivity contribution in [3.05, 3.63) is 0 Å². The molecule has 1 atom stereocenters. The van der Waals surface area contributed by atoms with Gasteiger partial charge in [0.25, 0.3) is 0 Å². The van der Waals surface area contributed by atoms with Crippen LogP contribution in [-0.4, -0.2) is 46.3 Å². The molecule has 1 fully saturated rings. The zero-order valence-electron chi connectivity index (χ0n) is 8.75. The summed E-state index contributed by atoms with van der Waals surface area (Å²) in [5.74, 6) is -0.194. The van der Waals surface area contributed by atoms with Gasteiger partial charge in [0.05, 0.1) is 11.8 Å². The van der Waals surface area contributed by atoms with Crippen molar-refractivity contribution in [2.45, 2.75) is 18.9 Å². The van der Waals surface area contributed by atoms with E-state index in [2.05, 4.69) is 15.4 Å². The van der Waals surface area contributed by atoms with Crippen LogP contribution in [0.25, 0.3) is 0 Å². The summed E-state index contributed by atoms with van der Waals surface area (Å²) in [6, 6.07) is -0.151. The maximum atomic E-state index is 11.4. The first-order valence-corrected chi connectivity index (χ1v) is 6.63. The summed E-state index contributed by atoms with van der Waals surface area (Å²) in [7, 11) is -1.87. The van der Waals surface area contributed by atoms with Crippen molar-refractivity contribution >= 4 is 15.9 Å². The zero-order valence-corrected chi connectivity index (χ0v) is 9.56. The molecule has 0 saturated carbocycles. The molecule has 7 heteroatoms. The Morgan fingerprint density at radius 3 is 2.80 bits per heavy atom. The van der Waals surface area contributed by atoms with Crippen LogP contribution in [0.5, 0.6) is 0 Å². The fourth-order valence-corrected chi connectivity index (χ4v) is 2.02. The second-order valence-corrected chi connectivity index (χ2v) is 5.51. The standard InChI is InChI=1S/C8H17N3O3S/c1-9-15(13,14)6-5-11-8(12)7-3-2-4-10-7/h7,9-10H,2-6H2,1H3,(H,11,12)/t7-/m0/s1. The lowest BCUT2D eigenvalue weighted by Gasteiger charge is -2.10. The summed E-state index contributed by atoms with van der Waals surface area (Å²) in [6.45, 7) is 1.01. The highest BCUT2D eigenvalue weighted by Crippen LogP contribution is 2.04. The molecule has 1 saturated heterocycles. The Balaban J connectivity index is 2.22. The summed E-state index contributed by atoms with van der Waals surface area (Å²) in [4.78, 5) is 11.4. The lowest BCUT2D eigenvalue weighted by molar-refractivity contribution is -0.122. The van der Waals surface area contributed by atoms with E-state index >= 15 is 0 Å². The van der Waals surface area contributed by atoms with Crippen LogP contribution in [0.3, 0.4) is 0 Å². The van der Waals surface area contributed by atoms with E-state index in [1.54, 1.807) is 0 Å². The Hall–Kier alpha value is -0.660. The van der Waals surface area contributed by atoms with Crippen LogP contribution in [0.15, 0.2) is 0 Å². The third kappa shape index (κ3) is 4.15. The van der Waals surface area contributed by atoms with Crippen LogP contribution in [-0.2, 0) is 14.8 Å². The fraction of sp³-hybridized carbons (Fsp3) is 0.875. The van der Waals surface area contributed by atoms with Gasteiger partial charge in [-0.25, -0.2) is 13.1 Å². The van der Waals surface area contributed by atoms with Gasteiger partial charge in [0.15, 0.2) is 0 Å². The van der Waals surface area contributed by atoms with Crippen molar-refractivity contribution in [3.63, 3.8) is 0 Å². The van der Waals surface area contributed by atoms with E-state index in [0.29, 0.717) is 0 Å². The zero-order chi connectivity index (χ0) is 11.3. The van der Waals surface area contributed by atoms with Crippen molar-refractivity contribution in [2.75, 3.05) is 25.9 Å². The van der Waals surface area contributed by atoms with E-state index in [0.717, 1.165) is 19.4 Å². The predicted molar refractivity (Wildman–Crippen MR) is 56.9 cm³/mol. The minimum atomic E-state index is -3.22. The Kier molecular flexibility index (Phi) is 4.49. The molecule has 6 nitrogen and oxygen atoms in total. The van der Waals surface area contributed by atoms with Crippen molar-refractivity contribution in [2.24, 2.45) is 0 Å². The summed E-state index contributed by atoms with van der Waals surface area (Å²) in [5.41, 5.74) is 0. The van der Waals surface area contributed by atoms with Gasteiger partial charge in [0, 0.05) is 6.54 Å². The molecule has 1 amide bonds. The Morgan fingerprint density at radius 1 is 1.53 bits per heavy atom. The van der Waals surface area contributed by atoms with E-state index < -0.39 is 10.0 Å². The summed E-state index contributed by atoms with van der Waals surface area (Å²) in [5, 5.41) is 5.64. The Bertz CT molecular complexity index is 309. The molecule has 3 N–H and O–H groups in total. The highest BCUT2D eigenvalue weighted by atomic mass is 32.2. The first-order valence-electron chi connectivity index (χ1n) is 4.97. The molecule has 0 aromatic rings. The van der Waals surface area contributed by atoms with Crippen LogP contribution in [0.1, 0.15) is 12.8 Å². The monoisotopic (exact) mass is 235 g/mol. The first-order chi connectivity index (χ1) is 7.05. The van der Waals surface area contributed by atoms with Gasteiger partial charge in [0.2, 0.25) is 15.9 Å². The van der Waals surface area contributed by atoms with E-state index in [9.17, 15) is 13.2 Å². The molecule has 88 valence electrons. The molecule has 0 unspecified atom stereocenters. The average molecular weight is 235 g/mol. The Labute approximate surface area is 89.9 Å². The molecule has 1 aliphatic heterocycles. The summed E-state index contributed by atoms with van der Waals surface area (Å²) >= 11 is 0. The summed E-state index contributed by atoms with van der Waals surface area (Å²) in [6.07, 6.45) is 1.82. The molecular formula is C8H17N3O3S. The third-order valence-electron chi connectivity index (χ3n) is 2.36. The number of amides is 1. The van der Waals surface area contributed by atoms with Gasteiger partial charge in [-0.2, -0.15) is 0 Å². The van der Waals surface area contributed by atoms with E-state index in [1.807, 2.05) is 0 Å². The van der Waals surface area contributed by atoms with Gasteiger partial charge in [-0.15, -0.1) is 0 Å². The van der Waals surface area contributed by atoms with E-state index in [-0.39, 0.29) is 24.2 Å². The normalized spacial score (nSPS) is 21.5. The number of sulfonamides is 1. The lowest BCUT2D eigenvalue weighted by Crippen LogP contribution is -2.42. The molecule has 0 aromatic carbocycles. The molecule has 0 radical (unpaired) electrons. The maximum Gasteiger partial charge on any atom is 0.237 e. The fourth-order valence-electron chi connectivity index (χ4n) is 1.44. The van der Waals surface area contributed by atoms with Crippen molar-refractivity contribution in [1.29, 1.82) is 0 Å². The quantitative estimate of drug-likeness (QED) is 0.536. The highest BCUT2D eigenvalue weighted by Gasteiger charge is 2.21. The number of rotatable bonds is 5. The molecule has 0 aromatic heterocycles. The molecule has 0 aliphatic carbocycles. The van der Waals surface area contributed by atoms with E-state index in [1.165, 1.54) is 7.05 Å². The minimum Gasteiger partial charge on any atom is -0.354 e. The number of hydrogen-bond donors (Lipinski definition) is 3. The Morgan fingerprint density at radius 2 is 2.27 bits per heavy atom. The average Bonchev–Trinajstić information content (AvgIpc) is 2.70. The van der Waals surface area contributed by atoms with Gasteiger partial charge >= 0.3 is 0 Å². The first kappa shape index (κ1) is 12.4. The number of hydrogen-bond acceptors (Lipinski definition) is 4. The molecule has 0 bridgehead atoms. The minimum absolute atomic E-state index is 0.0814. The third-order valence-corrected chi connectivity index (χ3v) is 3.72. The maximum absolute atomic E-state index is 11.4. The van der Waals surface area contributed by atoms with Gasteiger partial charge < -0.3 is 10.6 Å². The van der Waals surface area contributed by atoms with Crippen LogP contribution in [0.4, 0.5) is 0 Å². The van der Waals surface area contributed by atoms with Gasteiger partial charge in [0.1, 0.15) is 0 Å². The summed E-state index contributed by atoms with van der Waals surface area (Å²) < 4.78 is 24.2.